The first-order valence-electron chi connectivity index (χ1n) is 10.4. The van der Waals surface area contributed by atoms with E-state index < -0.39 is 0 Å². The fourth-order valence-electron chi connectivity index (χ4n) is 3.93. The summed E-state index contributed by atoms with van der Waals surface area (Å²) in [6.45, 7) is 3.36. The Balaban J connectivity index is 1.45. The highest BCUT2D eigenvalue weighted by Crippen LogP contribution is 2.21. The van der Waals surface area contributed by atoms with E-state index in [2.05, 4.69) is 27.3 Å². The molecule has 29 heavy (non-hydrogen) atoms. The van der Waals surface area contributed by atoms with Gasteiger partial charge in [-0.2, -0.15) is 0 Å². The number of nitrogens with zero attached hydrogens (tertiary/aromatic N) is 2. The summed E-state index contributed by atoms with van der Waals surface area (Å²) in [5.74, 6) is -0.0263. The van der Waals surface area contributed by atoms with Gasteiger partial charge in [0.15, 0.2) is 0 Å². The number of carbonyl (C=O) groups excluding carboxylic acids is 1. The molecule has 4 rings (SSSR count). The molecule has 1 fully saturated rings. The molecule has 1 aliphatic heterocycles. The number of amides is 1. The molecule has 0 bridgehead atoms. The fraction of sp³-hybridized carbons (Fsp3) is 0.280. The van der Waals surface area contributed by atoms with E-state index in [0.717, 1.165) is 29.7 Å². The summed E-state index contributed by atoms with van der Waals surface area (Å²) in [6, 6.07) is 22.0. The first-order chi connectivity index (χ1) is 14.3. The quantitative estimate of drug-likeness (QED) is 0.641. The van der Waals surface area contributed by atoms with Crippen molar-refractivity contribution in [1.29, 1.82) is 0 Å². The molecule has 1 aromatic heterocycles. The van der Waals surface area contributed by atoms with Crippen molar-refractivity contribution in [2.75, 3.05) is 19.6 Å². The van der Waals surface area contributed by atoms with Gasteiger partial charge in [-0.25, -0.2) is 0 Å². The van der Waals surface area contributed by atoms with E-state index in [9.17, 15) is 4.79 Å². The van der Waals surface area contributed by atoms with Crippen molar-refractivity contribution < 1.29 is 4.79 Å². The molecule has 1 amide bonds. The average Bonchev–Trinajstić information content (AvgIpc) is 3.31. The summed E-state index contributed by atoms with van der Waals surface area (Å²) in [6.07, 6.45) is 7.05. The number of likely N-dealkylation sites (tertiary alicyclic amines) is 1. The van der Waals surface area contributed by atoms with Gasteiger partial charge in [-0.15, -0.1) is 0 Å². The second-order valence-electron chi connectivity index (χ2n) is 7.59. The van der Waals surface area contributed by atoms with Crippen molar-refractivity contribution >= 4 is 5.91 Å². The number of hydrogen-bond acceptors (Lipinski definition) is 3. The van der Waals surface area contributed by atoms with Gasteiger partial charge in [-0.1, -0.05) is 42.5 Å². The molecular formula is C25H27N3O. The lowest BCUT2D eigenvalue weighted by molar-refractivity contribution is 0.0932. The van der Waals surface area contributed by atoms with Gasteiger partial charge in [0.05, 0.1) is 6.04 Å². The molecule has 2 aromatic carbocycles. The first kappa shape index (κ1) is 19.3. The predicted molar refractivity (Wildman–Crippen MR) is 117 cm³/mol. The molecule has 1 N–H and O–H groups in total. The normalized spacial score (nSPS) is 15.2. The highest BCUT2D eigenvalue weighted by atomic mass is 16.1. The van der Waals surface area contributed by atoms with Crippen LogP contribution in [-0.2, 0) is 0 Å². The molecule has 0 unspecified atom stereocenters. The zero-order valence-electron chi connectivity index (χ0n) is 16.6. The van der Waals surface area contributed by atoms with Crippen LogP contribution in [0.25, 0.3) is 11.1 Å². The largest absolute Gasteiger partial charge is 0.345 e. The summed E-state index contributed by atoms with van der Waals surface area (Å²) in [5.41, 5.74) is 4.02. The van der Waals surface area contributed by atoms with Gasteiger partial charge in [0, 0.05) is 24.5 Å². The Bertz CT molecular complexity index is 904. The minimum Gasteiger partial charge on any atom is -0.345 e. The lowest BCUT2D eigenvalue weighted by Gasteiger charge is -2.23. The van der Waals surface area contributed by atoms with E-state index in [1.165, 1.54) is 25.9 Å². The zero-order chi connectivity index (χ0) is 19.9. The topological polar surface area (TPSA) is 45.2 Å². The molecule has 3 aromatic rings. The second-order valence-corrected chi connectivity index (χ2v) is 7.59. The summed E-state index contributed by atoms with van der Waals surface area (Å²) >= 11 is 0. The van der Waals surface area contributed by atoms with Crippen LogP contribution in [0.1, 0.15) is 41.2 Å². The maximum atomic E-state index is 12.9. The van der Waals surface area contributed by atoms with E-state index in [0.29, 0.717) is 5.56 Å². The summed E-state index contributed by atoms with van der Waals surface area (Å²) in [5, 5.41) is 3.26. The van der Waals surface area contributed by atoms with Crippen molar-refractivity contribution in [3.63, 3.8) is 0 Å². The Morgan fingerprint density at radius 1 is 0.897 bits per heavy atom. The van der Waals surface area contributed by atoms with Crippen molar-refractivity contribution in [3.05, 3.63) is 90.3 Å². The zero-order valence-corrected chi connectivity index (χ0v) is 16.6. The van der Waals surface area contributed by atoms with Crippen molar-refractivity contribution in [1.82, 2.24) is 15.2 Å². The maximum absolute atomic E-state index is 12.9. The Morgan fingerprint density at radius 3 is 2.24 bits per heavy atom. The van der Waals surface area contributed by atoms with Crippen LogP contribution in [0.4, 0.5) is 0 Å². The minimum atomic E-state index is -0.0263. The molecule has 4 nitrogen and oxygen atoms in total. The Kier molecular flexibility index (Phi) is 6.32. The van der Waals surface area contributed by atoms with Gasteiger partial charge in [-0.3, -0.25) is 9.78 Å². The number of rotatable bonds is 7. The number of aromatic nitrogens is 1. The van der Waals surface area contributed by atoms with Gasteiger partial charge in [0.25, 0.3) is 5.91 Å². The second kappa shape index (κ2) is 9.48. The van der Waals surface area contributed by atoms with E-state index >= 15 is 0 Å². The Labute approximate surface area is 172 Å². The van der Waals surface area contributed by atoms with Gasteiger partial charge in [0.2, 0.25) is 0 Å². The van der Waals surface area contributed by atoms with Crippen LogP contribution < -0.4 is 5.32 Å². The smallest absolute Gasteiger partial charge is 0.251 e. The summed E-state index contributed by atoms with van der Waals surface area (Å²) < 4.78 is 0. The van der Waals surface area contributed by atoms with Gasteiger partial charge < -0.3 is 10.2 Å². The molecule has 1 saturated heterocycles. The molecule has 0 spiro atoms. The van der Waals surface area contributed by atoms with E-state index in [4.69, 9.17) is 0 Å². The van der Waals surface area contributed by atoms with E-state index in [1.54, 1.807) is 12.4 Å². The SMILES string of the molecule is O=C(N[C@H](CCN1CCCC1)c1ccccc1)c1ccc(-c2ccncc2)cc1. The lowest BCUT2D eigenvalue weighted by atomic mass is 10.0. The van der Waals surface area contributed by atoms with Crippen molar-refractivity contribution in [3.8, 4) is 11.1 Å². The predicted octanol–water partition coefficient (Wildman–Crippen LogP) is 4.71. The molecule has 148 valence electrons. The van der Waals surface area contributed by atoms with Crippen LogP contribution in [0.15, 0.2) is 79.1 Å². The monoisotopic (exact) mass is 385 g/mol. The highest BCUT2D eigenvalue weighted by molar-refractivity contribution is 5.95. The lowest BCUT2D eigenvalue weighted by Crippen LogP contribution is -2.32. The summed E-state index contributed by atoms with van der Waals surface area (Å²) in [7, 11) is 0. The van der Waals surface area contributed by atoms with Gasteiger partial charge >= 0.3 is 0 Å². The average molecular weight is 386 g/mol. The molecule has 1 atom stereocenters. The Hall–Kier alpha value is -2.98. The van der Waals surface area contributed by atoms with Crippen LogP contribution >= 0.6 is 0 Å². The molecule has 1 aliphatic rings. The molecule has 2 heterocycles. The van der Waals surface area contributed by atoms with Crippen LogP contribution in [0, 0.1) is 0 Å². The number of carbonyl (C=O) groups is 1. The Morgan fingerprint density at radius 2 is 1.55 bits per heavy atom. The van der Waals surface area contributed by atoms with Crippen LogP contribution in [0.3, 0.4) is 0 Å². The number of benzene rings is 2. The third-order valence-electron chi connectivity index (χ3n) is 5.60. The molecule has 0 aliphatic carbocycles. The maximum Gasteiger partial charge on any atom is 0.251 e. The van der Waals surface area contributed by atoms with Crippen molar-refractivity contribution in [2.45, 2.75) is 25.3 Å². The van der Waals surface area contributed by atoms with E-state index in [1.807, 2.05) is 54.6 Å². The van der Waals surface area contributed by atoms with Crippen molar-refractivity contribution in [2.24, 2.45) is 0 Å². The van der Waals surface area contributed by atoms with Crippen LogP contribution in [0.2, 0.25) is 0 Å². The summed E-state index contributed by atoms with van der Waals surface area (Å²) in [4.78, 5) is 19.5. The number of hydrogen-bond donors (Lipinski definition) is 1. The molecule has 0 saturated carbocycles. The number of nitrogens with one attached hydrogen (secondary N) is 1. The van der Waals surface area contributed by atoms with E-state index in [-0.39, 0.29) is 11.9 Å². The third-order valence-corrected chi connectivity index (χ3v) is 5.60. The minimum absolute atomic E-state index is 0.0178. The molecule has 0 radical (unpaired) electrons. The first-order valence-corrected chi connectivity index (χ1v) is 10.4. The van der Waals surface area contributed by atoms with Crippen LogP contribution in [-0.4, -0.2) is 35.4 Å². The highest BCUT2D eigenvalue weighted by Gasteiger charge is 2.18. The van der Waals surface area contributed by atoms with Crippen LogP contribution in [0.5, 0.6) is 0 Å². The standard InChI is InChI=1S/C25H27N3O/c29-25(23-10-8-20(9-11-23)21-12-15-26-16-13-21)27-24(22-6-2-1-3-7-22)14-19-28-17-4-5-18-28/h1-3,6-13,15-16,24H,4-5,14,17-19H2,(H,27,29)/t24-/m1/s1. The third kappa shape index (κ3) is 5.09. The van der Waals surface area contributed by atoms with Gasteiger partial charge in [0.1, 0.15) is 0 Å². The fourth-order valence-corrected chi connectivity index (χ4v) is 3.93. The molecule has 4 heteroatoms. The van der Waals surface area contributed by atoms with Gasteiger partial charge in [-0.05, 0) is 73.3 Å². The number of pyridine rings is 1. The molecular weight excluding hydrogens is 358 g/mol.